The standard InChI is InChI=1S/C14H17FN2O/c15-12-5-10(8-16)4-11(6-12)9-18-14-3-1-2-13(17)7-14/h4-6,13-14H,1-3,7,9,17H2. The Labute approximate surface area is 106 Å². The van der Waals surface area contributed by atoms with Gasteiger partial charge in [0.25, 0.3) is 0 Å². The highest BCUT2D eigenvalue weighted by Crippen LogP contribution is 2.21. The normalized spacial score (nSPS) is 23.6. The third-order valence-electron chi connectivity index (χ3n) is 3.24. The molecule has 2 atom stereocenters. The Morgan fingerprint density at radius 3 is 2.94 bits per heavy atom. The number of hydrogen-bond donors (Lipinski definition) is 1. The summed E-state index contributed by atoms with van der Waals surface area (Å²) in [6.07, 6.45) is 4.16. The van der Waals surface area contributed by atoms with Crippen molar-refractivity contribution < 1.29 is 9.13 Å². The smallest absolute Gasteiger partial charge is 0.124 e. The molecule has 1 aromatic carbocycles. The molecule has 96 valence electrons. The molecule has 1 aliphatic carbocycles. The van der Waals surface area contributed by atoms with E-state index in [-0.39, 0.29) is 12.1 Å². The second kappa shape index (κ2) is 5.94. The van der Waals surface area contributed by atoms with Gasteiger partial charge in [0.2, 0.25) is 0 Å². The number of benzene rings is 1. The van der Waals surface area contributed by atoms with Crippen molar-refractivity contribution in [2.75, 3.05) is 0 Å². The van der Waals surface area contributed by atoms with Crippen LogP contribution in [0.2, 0.25) is 0 Å². The van der Waals surface area contributed by atoms with Gasteiger partial charge in [-0.2, -0.15) is 5.26 Å². The van der Waals surface area contributed by atoms with Crippen LogP contribution in [0.15, 0.2) is 18.2 Å². The first-order valence-electron chi connectivity index (χ1n) is 6.24. The van der Waals surface area contributed by atoms with Crippen molar-refractivity contribution in [3.8, 4) is 6.07 Å². The molecule has 0 heterocycles. The fourth-order valence-corrected chi connectivity index (χ4v) is 2.34. The molecule has 1 aliphatic rings. The van der Waals surface area contributed by atoms with Gasteiger partial charge in [-0.3, -0.25) is 0 Å². The van der Waals surface area contributed by atoms with Crippen LogP contribution < -0.4 is 5.73 Å². The van der Waals surface area contributed by atoms with Crippen LogP contribution in [-0.4, -0.2) is 12.1 Å². The van der Waals surface area contributed by atoms with Crippen molar-refractivity contribution in [2.45, 2.75) is 44.4 Å². The fraction of sp³-hybridized carbons (Fsp3) is 0.500. The lowest BCUT2D eigenvalue weighted by Gasteiger charge is -2.26. The maximum absolute atomic E-state index is 13.2. The maximum Gasteiger partial charge on any atom is 0.124 e. The summed E-state index contributed by atoms with van der Waals surface area (Å²) in [5, 5.41) is 8.76. The van der Waals surface area contributed by atoms with Crippen LogP contribution in [0.3, 0.4) is 0 Å². The first-order valence-corrected chi connectivity index (χ1v) is 6.24. The minimum Gasteiger partial charge on any atom is -0.373 e. The SMILES string of the molecule is N#Cc1cc(F)cc(COC2CCCC(N)C2)c1. The zero-order valence-electron chi connectivity index (χ0n) is 10.2. The van der Waals surface area contributed by atoms with Crippen LogP contribution in [0.1, 0.15) is 36.8 Å². The van der Waals surface area contributed by atoms with Crippen LogP contribution in [0.4, 0.5) is 4.39 Å². The second-order valence-electron chi connectivity index (χ2n) is 4.82. The van der Waals surface area contributed by atoms with Gasteiger partial charge in [0.15, 0.2) is 0 Å². The third kappa shape index (κ3) is 3.52. The number of halogens is 1. The number of hydrogen-bond acceptors (Lipinski definition) is 3. The molecule has 1 aromatic rings. The molecule has 1 saturated carbocycles. The molecule has 0 radical (unpaired) electrons. The Kier molecular flexibility index (Phi) is 4.29. The summed E-state index contributed by atoms with van der Waals surface area (Å²) in [6.45, 7) is 0.337. The first kappa shape index (κ1) is 13.0. The number of nitrogens with zero attached hydrogens (tertiary/aromatic N) is 1. The largest absolute Gasteiger partial charge is 0.373 e. The lowest BCUT2D eigenvalue weighted by molar-refractivity contribution is 0.0121. The van der Waals surface area contributed by atoms with E-state index in [1.165, 1.54) is 12.1 Å². The van der Waals surface area contributed by atoms with E-state index in [2.05, 4.69) is 0 Å². The predicted molar refractivity (Wildman–Crippen MR) is 66.1 cm³/mol. The number of rotatable bonds is 3. The van der Waals surface area contributed by atoms with Gasteiger partial charge < -0.3 is 10.5 Å². The fourth-order valence-electron chi connectivity index (χ4n) is 2.34. The minimum absolute atomic E-state index is 0.155. The molecule has 4 heteroatoms. The molecule has 2 rings (SSSR count). The Hall–Kier alpha value is -1.44. The highest BCUT2D eigenvalue weighted by molar-refractivity contribution is 5.33. The van der Waals surface area contributed by atoms with Gasteiger partial charge in [-0.1, -0.05) is 0 Å². The predicted octanol–water partition coefficient (Wildman–Crippen LogP) is 2.48. The van der Waals surface area contributed by atoms with Gasteiger partial charge in [-0.25, -0.2) is 4.39 Å². The van der Waals surface area contributed by atoms with Crippen LogP contribution in [0.5, 0.6) is 0 Å². The molecule has 0 saturated heterocycles. The lowest BCUT2D eigenvalue weighted by Crippen LogP contribution is -2.32. The second-order valence-corrected chi connectivity index (χ2v) is 4.82. The molecule has 0 spiro atoms. The van der Waals surface area contributed by atoms with E-state index in [1.54, 1.807) is 6.07 Å². The van der Waals surface area contributed by atoms with Crippen molar-refractivity contribution in [2.24, 2.45) is 5.73 Å². The van der Waals surface area contributed by atoms with Gasteiger partial charge in [-0.15, -0.1) is 0 Å². The molecule has 18 heavy (non-hydrogen) atoms. The van der Waals surface area contributed by atoms with Crippen LogP contribution >= 0.6 is 0 Å². The Bertz CT molecular complexity index is 456. The highest BCUT2D eigenvalue weighted by atomic mass is 19.1. The van der Waals surface area contributed by atoms with E-state index in [9.17, 15) is 4.39 Å². The molecule has 1 fully saturated rings. The first-order chi connectivity index (χ1) is 8.67. The molecule has 0 aliphatic heterocycles. The van der Waals surface area contributed by atoms with Crippen molar-refractivity contribution in [3.05, 3.63) is 35.1 Å². The van der Waals surface area contributed by atoms with Crippen LogP contribution in [-0.2, 0) is 11.3 Å². The van der Waals surface area contributed by atoms with E-state index in [1.807, 2.05) is 6.07 Å². The van der Waals surface area contributed by atoms with Crippen LogP contribution in [0, 0.1) is 17.1 Å². The van der Waals surface area contributed by atoms with Crippen molar-refractivity contribution in [1.29, 1.82) is 5.26 Å². The summed E-state index contributed by atoms with van der Waals surface area (Å²) >= 11 is 0. The van der Waals surface area contributed by atoms with E-state index in [4.69, 9.17) is 15.7 Å². The lowest BCUT2D eigenvalue weighted by atomic mass is 9.93. The zero-order chi connectivity index (χ0) is 13.0. The Morgan fingerprint density at radius 1 is 1.39 bits per heavy atom. The molecule has 0 amide bonds. The molecule has 2 unspecified atom stereocenters. The summed E-state index contributed by atoms with van der Waals surface area (Å²) in [5.41, 5.74) is 6.91. The third-order valence-corrected chi connectivity index (χ3v) is 3.24. The molecule has 0 aromatic heterocycles. The molecule has 2 N–H and O–H groups in total. The quantitative estimate of drug-likeness (QED) is 0.894. The van der Waals surface area contributed by atoms with Crippen molar-refractivity contribution in [1.82, 2.24) is 0 Å². The van der Waals surface area contributed by atoms with Crippen molar-refractivity contribution in [3.63, 3.8) is 0 Å². The van der Waals surface area contributed by atoms with Gasteiger partial charge >= 0.3 is 0 Å². The van der Waals surface area contributed by atoms with Gasteiger partial charge in [-0.05, 0) is 49.4 Å². The maximum atomic E-state index is 13.2. The van der Waals surface area contributed by atoms with E-state index < -0.39 is 5.82 Å². The number of nitriles is 1. The van der Waals surface area contributed by atoms with E-state index >= 15 is 0 Å². The molecular weight excluding hydrogens is 231 g/mol. The van der Waals surface area contributed by atoms with Gasteiger partial charge in [0.1, 0.15) is 5.82 Å². The Balaban J connectivity index is 1.93. The summed E-state index contributed by atoms with van der Waals surface area (Å²) in [5.74, 6) is -0.395. The number of nitrogens with two attached hydrogens (primary N) is 1. The van der Waals surface area contributed by atoms with E-state index in [0.29, 0.717) is 17.7 Å². The summed E-state index contributed by atoms with van der Waals surface area (Å²) in [4.78, 5) is 0. The number of ether oxygens (including phenoxy) is 1. The van der Waals surface area contributed by atoms with Gasteiger partial charge in [0.05, 0.1) is 24.3 Å². The molecule has 3 nitrogen and oxygen atoms in total. The Morgan fingerprint density at radius 2 is 2.22 bits per heavy atom. The van der Waals surface area contributed by atoms with Gasteiger partial charge in [0, 0.05) is 6.04 Å². The zero-order valence-corrected chi connectivity index (χ0v) is 10.2. The summed E-state index contributed by atoms with van der Waals surface area (Å²) in [7, 11) is 0. The van der Waals surface area contributed by atoms with E-state index in [0.717, 1.165) is 25.7 Å². The molecular formula is C14H17FN2O. The molecule has 0 bridgehead atoms. The highest BCUT2D eigenvalue weighted by Gasteiger charge is 2.19. The summed E-state index contributed by atoms with van der Waals surface area (Å²) in [6, 6.07) is 6.44. The topological polar surface area (TPSA) is 59.0 Å². The average molecular weight is 248 g/mol. The van der Waals surface area contributed by atoms with Crippen molar-refractivity contribution >= 4 is 0 Å². The summed E-state index contributed by atoms with van der Waals surface area (Å²) < 4.78 is 19.0. The average Bonchev–Trinajstić information content (AvgIpc) is 2.36. The minimum atomic E-state index is -0.395. The van der Waals surface area contributed by atoms with Crippen LogP contribution in [0.25, 0.3) is 0 Å². The monoisotopic (exact) mass is 248 g/mol.